The van der Waals surface area contributed by atoms with E-state index in [9.17, 15) is 9.90 Å². The van der Waals surface area contributed by atoms with E-state index in [0.717, 1.165) is 0 Å². The van der Waals surface area contributed by atoms with Crippen molar-refractivity contribution < 1.29 is 14.6 Å². The average molecular weight is 315 g/mol. The molecule has 2 aromatic rings. The van der Waals surface area contributed by atoms with Crippen LogP contribution in [0, 0.1) is 30.6 Å². The van der Waals surface area contributed by atoms with Crippen molar-refractivity contribution in [2.45, 2.75) is 26.4 Å². The number of hydrogen-bond acceptors (Lipinski definition) is 7. The van der Waals surface area contributed by atoms with Gasteiger partial charge in [0.1, 0.15) is 18.2 Å². The first kappa shape index (κ1) is 15.2. The standard InChI is InChI=1S/C15H17N5O3/c1-3-23-14(22)11-6-10(11)12(21)5-4-9-8(2)19-15-17-7-18-20(15)13(9)16/h7,10-12,21H,3,6,16H2,1-2H3/t10-,11-,12?/m1/s1. The molecule has 2 heterocycles. The molecule has 1 saturated carbocycles. The van der Waals surface area contributed by atoms with Crippen LogP contribution in [0.4, 0.5) is 5.82 Å². The van der Waals surface area contributed by atoms with Crippen molar-refractivity contribution in [3.8, 4) is 11.8 Å². The number of aryl methyl sites for hydroxylation is 1. The Morgan fingerprint density at radius 3 is 3.17 bits per heavy atom. The zero-order chi connectivity index (χ0) is 16.6. The molecular formula is C15H17N5O3. The van der Waals surface area contributed by atoms with Gasteiger partial charge in [-0.2, -0.15) is 14.6 Å². The second-order valence-corrected chi connectivity index (χ2v) is 5.40. The monoisotopic (exact) mass is 315 g/mol. The minimum absolute atomic E-state index is 0.189. The third-order valence-corrected chi connectivity index (χ3v) is 3.82. The highest BCUT2D eigenvalue weighted by molar-refractivity contribution is 5.76. The van der Waals surface area contributed by atoms with Crippen molar-refractivity contribution in [1.29, 1.82) is 0 Å². The molecule has 1 aliphatic rings. The van der Waals surface area contributed by atoms with Crippen molar-refractivity contribution in [3.05, 3.63) is 17.6 Å². The highest BCUT2D eigenvalue weighted by Gasteiger charge is 2.48. The summed E-state index contributed by atoms with van der Waals surface area (Å²) in [4.78, 5) is 19.8. The molecular weight excluding hydrogens is 298 g/mol. The van der Waals surface area contributed by atoms with Crippen molar-refractivity contribution in [3.63, 3.8) is 0 Å². The highest BCUT2D eigenvalue weighted by atomic mass is 16.5. The van der Waals surface area contributed by atoms with Crippen molar-refractivity contribution >= 4 is 17.6 Å². The first-order chi connectivity index (χ1) is 11.0. The van der Waals surface area contributed by atoms with Crippen molar-refractivity contribution in [2.75, 3.05) is 12.3 Å². The van der Waals surface area contributed by atoms with Crippen LogP contribution in [-0.2, 0) is 9.53 Å². The Labute approximate surface area is 132 Å². The van der Waals surface area contributed by atoms with Crippen LogP contribution in [0.3, 0.4) is 0 Å². The molecule has 23 heavy (non-hydrogen) atoms. The predicted octanol–water partition coefficient (Wildman–Crippen LogP) is -0.0735. The lowest BCUT2D eigenvalue weighted by Gasteiger charge is -2.05. The second-order valence-electron chi connectivity index (χ2n) is 5.40. The lowest BCUT2D eigenvalue weighted by Crippen LogP contribution is -2.14. The molecule has 2 aromatic heterocycles. The number of aliphatic hydroxyl groups is 1. The first-order valence-corrected chi connectivity index (χ1v) is 7.35. The van der Waals surface area contributed by atoms with Gasteiger partial charge < -0.3 is 15.6 Å². The molecule has 3 N–H and O–H groups in total. The maximum atomic E-state index is 11.6. The fourth-order valence-electron chi connectivity index (χ4n) is 2.47. The molecule has 0 radical (unpaired) electrons. The number of esters is 1. The van der Waals surface area contributed by atoms with Gasteiger partial charge in [0, 0.05) is 5.92 Å². The van der Waals surface area contributed by atoms with Gasteiger partial charge in [-0.3, -0.25) is 4.79 Å². The van der Waals surface area contributed by atoms with Gasteiger partial charge >= 0.3 is 5.97 Å². The molecule has 8 nitrogen and oxygen atoms in total. The number of nitrogen functional groups attached to an aromatic ring is 1. The van der Waals surface area contributed by atoms with Crippen molar-refractivity contribution in [2.24, 2.45) is 11.8 Å². The van der Waals surface area contributed by atoms with Crippen LogP contribution in [0.25, 0.3) is 5.78 Å². The molecule has 0 aromatic carbocycles. The molecule has 0 amide bonds. The van der Waals surface area contributed by atoms with E-state index in [1.165, 1.54) is 10.8 Å². The smallest absolute Gasteiger partial charge is 0.309 e. The Kier molecular flexibility index (Phi) is 3.88. The Hall–Kier alpha value is -2.66. The van der Waals surface area contributed by atoms with E-state index >= 15 is 0 Å². The van der Waals surface area contributed by atoms with E-state index < -0.39 is 6.10 Å². The summed E-state index contributed by atoms with van der Waals surface area (Å²) < 4.78 is 6.33. The molecule has 3 atom stereocenters. The molecule has 8 heteroatoms. The summed E-state index contributed by atoms with van der Waals surface area (Å²) in [6, 6.07) is 0. The number of aliphatic hydroxyl groups excluding tert-OH is 1. The fraction of sp³-hybridized carbons (Fsp3) is 0.467. The van der Waals surface area contributed by atoms with E-state index in [-0.39, 0.29) is 17.8 Å². The topological polar surface area (TPSA) is 116 Å². The Morgan fingerprint density at radius 2 is 2.43 bits per heavy atom. The third kappa shape index (κ3) is 2.83. The molecule has 120 valence electrons. The van der Waals surface area contributed by atoms with Gasteiger partial charge in [0.25, 0.3) is 5.78 Å². The number of ether oxygens (including phenoxy) is 1. The summed E-state index contributed by atoms with van der Waals surface area (Å²) >= 11 is 0. The summed E-state index contributed by atoms with van der Waals surface area (Å²) in [5.74, 6) is 5.57. The molecule has 0 spiro atoms. The highest BCUT2D eigenvalue weighted by Crippen LogP contribution is 2.42. The van der Waals surface area contributed by atoms with Gasteiger partial charge in [0.05, 0.1) is 23.8 Å². The Bertz CT molecular complexity index is 820. The molecule has 0 bridgehead atoms. The van der Waals surface area contributed by atoms with Crippen LogP contribution in [0.1, 0.15) is 24.6 Å². The lowest BCUT2D eigenvalue weighted by atomic mass is 10.1. The molecule has 3 rings (SSSR count). The summed E-state index contributed by atoms with van der Waals surface area (Å²) in [7, 11) is 0. The number of carbonyl (C=O) groups excluding carboxylic acids is 1. The third-order valence-electron chi connectivity index (χ3n) is 3.82. The molecule has 1 aliphatic carbocycles. The second kappa shape index (κ2) is 5.85. The Balaban J connectivity index is 1.78. The summed E-state index contributed by atoms with van der Waals surface area (Å²) in [5, 5.41) is 14.1. The van der Waals surface area contributed by atoms with Gasteiger partial charge in [0.15, 0.2) is 0 Å². The van der Waals surface area contributed by atoms with E-state index in [0.29, 0.717) is 35.9 Å². The Morgan fingerprint density at radius 1 is 1.65 bits per heavy atom. The van der Waals surface area contributed by atoms with Crippen LogP contribution < -0.4 is 5.73 Å². The van der Waals surface area contributed by atoms with Gasteiger partial charge in [-0.15, -0.1) is 0 Å². The maximum Gasteiger partial charge on any atom is 0.309 e. The zero-order valence-corrected chi connectivity index (χ0v) is 12.9. The summed E-state index contributed by atoms with van der Waals surface area (Å²) in [5.41, 5.74) is 7.13. The van der Waals surface area contributed by atoms with Gasteiger partial charge in [-0.1, -0.05) is 11.8 Å². The van der Waals surface area contributed by atoms with Crippen LogP contribution >= 0.6 is 0 Å². The van der Waals surface area contributed by atoms with Crippen LogP contribution in [0.15, 0.2) is 6.33 Å². The van der Waals surface area contributed by atoms with E-state index in [4.69, 9.17) is 10.5 Å². The van der Waals surface area contributed by atoms with Crippen LogP contribution in [0.2, 0.25) is 0 Å². The largest absolute Gasteiger partial charge is 0.466 e. The van der Waals surface area contributed by atoms with Gasteiger partial charge in [-0.25, -0.2) is 4.98 Å². The van der Waals surface area contributed by atoms with E-state index in [2.05, 4.69) is 26.9 Å². The quantitative estimate of drug-likeness (QED) is 0.601. The summed E-state index contributed by atoms with van der Waals surface area (Å²) in [6.07, 6.45) is 1.04. The number of anilines is 1. The summed E-state index contributed by atoms with van der Waals surface area (Å²) in [6.45, 7) is 3.85. The zero-order valence-electron chi connectivity index (χ0n) is 12.9. The number of nitrogens with zero attached hydrogens (tertiary/aromatic N) is 4. The van der Waals surface area contributed by atoms with E-state index in [1.54, 1.807) is 13.8 Å². The molecule has 0 aliphatic heterocycles. The first-order valence-electron chi connectivity index (χ1n) is 7.35. The number of nitrogens with two attached hydrogens (primary N) is 1. The number of fused-ring (bicyclic) bond motifs is 1. The minimum Gasteiger partial charge on any atom is -0.466 e. The number of rotatable bonds is 3. The SMILES string of the molecule is CCOC(=O)[C@@H]1C[C@H]1C(O)C#Cc1c(C)nc2ncnn2c1N. The normalized spacial score (nSPS) is 20.7. The van der Waals surface area contributed by atoms with Crippen molar-refractivity contribution in [1.82, 2.24) is 19.6 Å². The number of aromatic nitrogens is 4. The van der Waals surface area contributed by atoms with Gasteiger partial charge in [-0.05, 0) is 20.3 Å². The molecule has 1 fully saturated rings. The fourth-order valence-corrected chi connectivity index (χ4v) is 2.47. The molecule has 0 saturated heterocycles. The predicted molar refractivity (Wildman–Crippen MR) is 81.0 cm³/mol. The van der Waals surface area contributed by atoms with Crippen LogP contribution in [-0.4, -0.2) is 43.4 Å². The lowest BCUT2D eigenvalue weighted by molar-refractivity contribution is -0.145. The minimum atomic E-state index is -0.908. The molecule has 1 unspecified atom stereocenters. The van der Waals surface area contributed by atoms with Gasteiger partial charge in [0.2, 0.25) is 0 Å². The number of carbonyl (C=O) groups is 1. The maximum absolute atomic E-state index is 11.6. The average Bonchev–Trinajstić information content (AvgIpc) is 3.19. The van der Waals surface area contributed by atoms with Crippen LogP contribution in [0.5, 0.6) is 0 Å². The number of hydrogen-bond donors (Lipinski definition) is 2. The van der Waals surface area contributed by atoms with E-state index in [1.807, 2.05) is 0 Å².